The molecule has 1 amide bonds. The van der Waals surface area contributed by atoms with Crippen LogP contribution in [-0.2, 0) is 4.79 Å². The molecule has 0 bridgehead atoms. The van der Waals surface area contributed by atoms with Crippen molar-refractivity contribution in [3.63, 3.8) is 0 Å². The third kappa shape index (κ3) is 5.19. The number of aliphatic hydroxyl groups is 1. The van der Waals surface area contributed by atoms with Crippen molar-refractivity contribution in [2.24, 2.45) is 5.41 Å². The zero-order chi connectivity index (χ0) is 12.7. The molecule has 0 fully saturated rings. The van der Waals surface area contributed by atoms with E-state index >= 15 is 0 Å². The second-order valence-corrected chi connectivity index (χ2v) is 4.62. The monoisotopic (exact) mass is 231 g/mol. The van der Waals surface area contributed by atoms with Crippen LogP contribution in [0, 0.1) is 17.3 Å². The van der Waals surface area contributed by atoms with E-state index in [1.54, 1.807) is 0 Å². The van der Waals surface area contributed by atoms with E-state index in [2.05, 4.69) is 17.2 Å². The summed E-state index contributed by atoms with van der Waals surface area (Å²) in [4.78, 5) is 11.4. The van der Waals surface area contributed by atoms with Gasteiger partial charge in [-0.2, -0.15) is 0 Å². The summed E-state index contributed by atoms with van der Waals surface area (Å²) in [6.07, 6.45) is 0. The van der Waals surface area contributed by atoms with Crippen LogP contribution in [0.1, 0.15) is 19.4 Å². The number of hydrogen-bond donors (Lipinski definition) is 2. The summed E-state index contributed by atoms with van der Waals surface area (Å²) in [6.45, 7) is 4.18. The Bertz CT molecular complexity index is 427. The molecular formula is C14H17NO2. The maximum Gasteiger partial charge on any atom is 0.296 e. The van der Waals surface area contributed by atoms with Crippen molar-refractivity contribution in [3.05, 3.63) is 35.9 Å². The van der Waals surface area contributed by atoms with Crippen LogP contribution in [0.15, 0.2) is 30.3 Å². The lowest BCUT2D eigenvalue weighted by Gasteiger charge is -2.20. The molecule has 0 radical (unpaired) electrons. The number of carbonyl (C=O) groups excluding carboxylic acids is 1. The van der Waals surface area contributed by atoms with Crippen LogP contribution in [0.4, 0.5) is 0 Å². The fourth-order valence-electron chi connectivity index (χ4n) is 1.07. The first kappa shape index (κ1) is 13.3. The maximum absolute atomic E-state index is 11.4. The lowest BCUT2D eigenvalue weighted by molar-refractivity contribution is -0.116. The van der Waals surface area contributed by atoms with E-state index in [0.717, 1.165) is 5.56 Å². The topological polar surface area (TPSA) is 49.3 Å². The molecule has 3 heteroatoms. The zero-order valence-corrected chi connectivity index (χ0v) is 10.2. The third-order valence-electron chi connectivity index (χ3n) is 2.25. The number of carbonyl (C=O) groups is 1. The molecule has 2 N–H and O–H groups in total. The van der Waals surface area contributed by atoms with Gasteiger partial charge in [0.25, 0.3) is 5.91 Å². The number of hydrogen-bond acceptors (Lipinski definition) is 2. The van der Waals surface area contributed by atoms with Crippen molar-refractivity contribution < 1.29 is 9.90 Å². The highest BCUT2D eigenvalue weighted by Gasteiger charge is 2.16. The van der Waals surface area contributed by atoms with Gasteiger partial charge in [-0.3, -0.25) is 4.79 Å². The second kappa shape index (κ2) is 6.07. The highest BCUT2D eigenvalue weighted by Crippen LogP contribution is 2.10. The van der Waals surface area contributed by atoms with Gasteiger partial charge in [-0.1, -0.05) is 38.0 Å². The van der Waals surface area contributed by atoms with Crippen LogP contribution in [0.2, 0.25) is 0 Å². The van der Waals surface area contributed by atoms with Gasteiger partial charge in [0.1, 0.15) is 0 Å². The molecule has 3 nitrogen and oxygen atoms in total. The van der Waals surface area contributed by atoms with Crippen molar-refractivity contribution in [2.75, 3.05) is 13.2 Å². The van der Waals surface area contributed by atoms with Crippen LogP contribution in [0.3, 0.4) is 0 Å². The van der Waals surface area contributed by atoms with Crippen LogP contribution in [0.5, 0.6) is 0 Å². The van der Waals surface area contributed by atoms with Crippen LogP contribution < -0.4 is 5.32 Å². The summed E-state index contributed by atoms with van der Waals surface area (Å²) in [7, 11) is 0. The number of nitrogens with one attached hydrogen (secondary N) is 1. The largest absolute Gasteiger partial charge is 0.396 e. The van der Waals surface area contributed by atoms with Crippen molar-refractivity contribution in [1.29, 1.82) is 0 Å². The quantitative estimate of drug-likeness (QED) is 0.767. The van der Waals surface area contributed by atoms with Gasteiger partial charge in [0.05, 0.1) is 0 Å². The average Bonchev–Trinajstić information content (AvgIpc) is 2.35. The van der Waals surface area contributed by atoms with Gasteiger partial charge < -0.3 is 10.4 Å². The fraction of sp³-hybridized carbons (Fsp3) is 0.357. The minimum absolute atomic E-state index is 0.0272. The van der Waals surface area contributed by atoms with E-state index in [1.807, 2.05) is 44.2 Å². The summed E-state index contributed by atoms with van der Waals surface area (Å²) in [5.41, 5.74) is 0.494. The highest BCUT2D eigenvalue weighted by atomic mass is 16.3. The Morgan fingerprint density at radius 3 is 2.59 bits per heavy atom. The lowest BCUT2D eigenvalue weighted by atomic mass is 9.95. The molecule has 0 aliphatic rings. The first-order valence-corrected chi connectivity index (χ1v) is 5.49. The molecular weight excluding hydrogens is 214 g/mol. The standard InChI is InChI=1S/C14H17NO2/c1-14(2,11-16)10-15-13(17)9-8-12-6-4-3-5-7-12/h3-7,16H,10-11H2,1-2H3,(H,15,17). The molecule has 0 saturated carbocycles. The van der Waals surface area contributed by atoms with Crippen molar-refractivity contribution in [3.8, 4) is 11.8 Å². The fourth-order valence-corrected chi connectivity index (χ4v) is 1.07. The molecule has 0 aliphatic carbocycles. The lowest BCUT2D eigenvalue weighted by Crippen LogP contribution is -2.35. The van der Waals surface area contributed by atoms with Crippen LogP contribution in [-0.4, -0.2) is 24.2 Å². The molecule has 0 atom stereocenters. The number of aliphatic hydroxyl groups excluding tert-OH is 1. The minimum Gasteiger partial charge on any atom is -0.396 e. The predicted molar refractivity (Wildman–Crippen MR) is 67.2 cm³/mol. The van der Waals surface area contributed by atoms with Crippen LogP contribution >= 0.6 is 0 Å². The summed E-state index contributed by atoms with van der Waals surface area (Å²) in [6, 6.07) is 9.33. The zero-order valence-electron chi connectivity index (χ0n) is 10.2. The molecule has 0 heterocycles. The van der Waals surface area contributed by atoms with Gasteiger partial charge >= 0.3 is 0 Å². The minimum atomic E-state index is -0.324. The smallest absolute Gasteiger partial charge is 0.296 e. The van der Waals surface area contributed by atoms with Gasteiger partial charge in [-0.25, -0.2) is 0 Å². The van der Waals surface area contributed by atoms with E-state index in [1.165, 1.54) is 0 Å². The van der Waals surface area contributed by atoms with Crippen molar-refractivity contribution >= 4 is 5.91 Å². The van der Waals surface area contributed by atoms with E-state index < -0.39 is 0 Å². The molecule has 0 spiro atoms. The second-order valence-electron chi connectivity index (χ2n) is 4.62. The van der Waals surface area contributed by atoms with Gasteiger partial charge in [0.15, 0.2) is 0 Å². The Hall–Kier alpha value is -1.79. The van der Waals surface area contributed by atoms with Crippen LogP contribution in [0.25, 0.3) is 0 Å². The summed E-state index contributed by atoms with van der Waals surface area (Å²) in [5, 5.41) is 11.7. The summed E-state index contributed by atoms with van der Waals surface area (Å²) in [5.74, 6) is 4.96. The molecule has 0 saturated heterocycles. The number of benzene rings is 1. The van der Waals surface area contributed by atoms with E-state index in [0.29, 0.717) is 6.54 Å². The normalized spacial score (nSPS) is 10.3. The highest BCUT2D eigenvalue weighted by molar-refractivity contribution is 5.94. The molecule has 17 heavy (non-hydrogen) atoms. The molecule has 90 valence electrons. The van der Waals surface area contributed by atoms with Crippen molar-refractivity contribution in [2.45, 2.75) is 13.8 Å². The van der Waals surface area contributed by atoms with Gasteiger partial charge in [0.2, 0.25) is 0 Å². The number of rotatable bonds is 3. The Kier molecular flexibility index (Phi) is 4.74. The molecule has 1 aromatic carbocycles. The molecule has 0 aliphatic heterocycles. The SMILES string of the molecule is CC(C)(CO)CNC(=O)C#Cc1ccccc1. The first-order valence-electron chi connectivity index (χ1n) is 5.49. The summed E-state index contributed by atoms with van der Waals surface area (Å²) < 4.78 is 0. The third-order valence-corrected chi connectivity index (χ3v) is 2.25. The van der Waals surface area contributed by atoms with Gasteiger partial charge in [-0.05, 0) is 12.1 Å². The molecule has 0 unspecified atom stereocenters. The van der Waals surface area contributed by atoms with Gasteiger partial charge in [-0.15, -0.1) is 0 Å². The first-order chi connectivity index (χ1) is 8.03. The van der Waals surface area contributed by atoms with E-state index in [-0.39, 0.29) is 17.9 Å². The average molecular weight is 231 g/mol. The Balaban J connectivity index is 2.49. The Morgan fingerprint density at radius 1 is 1.35 bits per heavy atom. The maximum atomic E-state index is 11.4. The Labute approximate surface area is 102 Å². The molecule has 0 aromatic heterocycles. The molecule has 1 aromatic rings. The van der Waals surface area contributed by atoms with Gasteiger partial charge in [0, 0.05) is 30.1 Å². The molecule has 1 rings (SSSR count). The van der Waals surface area contributed by atoms with Crippen molar-refractivity contribution in [1.82, 2.24) is 5.32 Å². The Morgan fingerprint density at radius 2 is 2.00 bits per heavy atom. The summed E-state index contributed by atoms with van der Waals surface area (Å²) >= 11 is 0. The van der Waals surface area contributed by atoms with E-state index in [4.69, 9.17) is 5.11 Å². The predicted octanol–water partition coefficient (Wildman–Crippen LogP) is 1.17. The van der Waals surface area contributed by atoms with E-state index in [9.17, 15) is 4.79 Å². The number of amides is 1.